The summed E-state index contributed by atoms with van der Waals surface area (Å²) in [5.41, 5.74) is -1.26. The largest absolute Gasteiger partial charge is 0.479 e. The highest BCUT2D eigenvalue weighted by Gasteiger charge is 2.44. The minimum atomic E-state index is -4.64. The topological polar surface area (TPSA) is 93.5 Å². The summed E-state index contributed by atoms with van der Waals surface area (Å²) in [5.74, 6) is -2.98. The first kappa shape index (κ1) is 19.2. The number of rotatable bonds is 4. The lowest BCUT2D eigenvalue weighted by atomic mass is 9.98. The van der Waals surface area contributed by atoms with E-state index >= 15 is 0 Å². The van der Waals surface area contributed by atoms with E-state index in [0.29, 0.717) is 0 Å². The lowest BCUT2D eigenvalue weighted by molar-refractivity contribution is -0.147. The summed E-state index contributed by atoms with van der Waals surface area (Å²) in [6, 6.07) is 3.47. The molecule has 1 unspecified atom stereocenters. The van der Waals surface area contributed by atoms with E-state index in [4.69, 9.17) is 4.74 Å². The molecule has 1 amide bonds. The number of halogens is 3. The zero-order valence-corrected chi connectivity index (χ0v) is 14.6. The first-order valence-corrected chi connectivity index (χ1v) is 8.28. The van der Waals surface area contributed by atoms with Gasteiger partial charge in [-0.15, -0.1) is 0 Å². The number of amides is 1. The van der Waals surface area contributed by atoms with Gasteiger partial charge < -0.3 is 19.7 Å². The van der Waals surface area contributed by atoms with E-state index in [-0.39, 0.29) is 36.2 Å². The fourth-order valence-corrected chi connectivity index (χ4v) is 3.14. The van der Waals surface area contributed by atoms with Crippen LogP contribution in [-0.2, 0) is 15.7 Å². The van der Waals surface area contributed by atoms with Crippen LogP contribution in [0.2, 0.25) is 0 Å². The van der Waals surface area contributed by atoms with Gasteiger partial charge in [0.1, 0.15) is 0 Å². The van der Waals surface area contributed by atoms with Crippen molar-refractivity contribution < 1.29 is 32.6 Å². The Kier molecular flexibility index (Phi) is 4.62. The van der Waals surface area contributed by atoms with Crippen molar-refractivity contribution in [2.45, 2.75) is 38.0 Å². The van der Waals surface area contributed by atoms with Crippen molar-refractivity contribution in [2.24, 2.45) is 0 Å². The second kappa shape index (κ2) is 6.52. The van der Waals surface area contributed by atoms with Crippen LogP contribution in [0.15, 0.2) is 18.2 Å². The molecule has 1 aromatic carbocycles. The highest BCUT2D eigenvalue weighted by atomic mass is 19.4. The predicted molar refractivity (Wildman–Crippen MR) is 88.4 cm³/mol. The summed E-state index contributed by atoms with van der Waals surface area (Å²) in [5, 5.41) is 11.8. The Morgan fingerprint density at radius 1 is 1.37 bits per heavy atom. The maximum atomic E-state index is 13.3. The molecule has 0 radical (unpaired) electrons. The Morgan fingerprint density at radius 3 is 2.59 bits per heavy atom. The molecule has 0 saturated carbocycles. The first-order valence-electron chi connectivity index (χ1n) is 8.28. The Bertz CT molecular complexity index is 899. The molecule has 1 saturated heterocycles. The number of imidazole rings is 1. The van der Waals surface area contributed by atoms with Crippen molar-refractivity contribution in [2.75, 3.05) is 13.2 Å². The molecule has 7 nitrogen and oxygen atoms in total. The van der Waals surface area contributed by atoms with Gasteiger partial charge >= 0.3 is 12.1 Å². The van der Waals surface area contributed by atoms with Gasteiger partial charge in [-0.25, -0.2) is 9.78 Å². The number of carboxylic acids is 1. The van der Waals surface area contributed by atoms with E-state index in [1.807, 2.05) is 0 Å². The van der Waals surface area contributed by atoms with Gasteiger partial charge in [-0.05, 0) is 32.0 Å². The van der Waals surface area contributed by atoms with Gasteiger partial charge in [-0.2, -0.15) is 13.2 Å². The highest BCUT2D eigenvalue weighted by Crippen LogP contribution is 2.34. The maximum Gasteiger partial charge on any atom is 0.449 e. The number of carbonyl (C=O) groups is 2. The van der Waals surface area contributed by atoms with Crippen molar-refractivity contribution in [1.82, 2.24) is 14.9 Å². The van der Waals surface area contributed by atoms with Crippen LogP contribution in [0.3, 0.4) is 0 Å². The predicted octanol–water partition coefficient (Wildman–Crippen LogP) is 2.61. The van der Waals surface area contributed by atoms with Gasteiger partial charge in [0.2, 0.25) is 5.82 Å². The zero-order chi connectivity index (χ0) is 20.0. The number of nitrogens with zero attached hydrogens (tertiary/aromatic N) is 2. The van der Waals surface area contributed by atoms with Crippen LogP contribution in [0.1, 0.15) is 42.5 Å². The number of aromatic nitrogens is 2. The van der Waals surface area contributed by atoms with Crippen molar-refractivity contribution in [3.8, 4) is 0 Å². The number of nitrogens with one attached hydrogen (secondary N) is 1. The molecule has 1 aliphatic rings. The summed E-state index contributed by atoms with van der Waals surface area (Å²) < 4.78 is 46.0. The molecule has 10 heteroatoms. The number of carboxylic acid groups (broad SMARTS) is 1. The third kappa shape index (κ3) is 3.36. The maximum absolute atomic E-state index is 13.3. The van der Waals surface area contributed by atoms with E-state index in [1.54, 1.807) is 13.8 Å². The molecule has 3 rings (SSSR count). The molecule has 1 fully saturated rings. The molecule has 1 aliphatic heterocycles. The summed E-state index contributed by atoms with van der Waals surface area (Å²) in [7, 11) is 0. The van der Waals surface area contributed by atoms with E-state index in [0.717, 1.165) is 4.57 Å². The summed E-state index contributed by atoms with van der Waals surface area (Å²) in [4.78, 5) is 27.6. The number of ether oxygens (including phenoxy) is 1. The fraction of sp³-hybridized carbons (Fsp3) is 0.471. The second-order valence-electron chi connectivity index (χ2n) is 6.74. The van der Waals surface area contributed by atoms with Gasteiger partial charge in [-0.3, -0.25) is 4.79 Å². The molecular weight excluding hydrogens is 367 g/mol. The fourth-order valence-electron chi connectivity index (χ4n) is 3.14. The van der Waals surface area contributed by atoms with E-state index in [1.165, 1.54) is 18.2 Å². The van der Waals surface area contributed by atoms with Crippen LogP contribution in [-0.4, -0.2) is 45.3 Å². The average molecular weight is 385 g/mol. The number of benzene rings is 1. The SMILES string of the molecule is CC(C)n1c(C(F)(F)F)nc2cc(C(=O)NC3(C(=O)O)CCOC3)ccc21. The minimum absolute atomic E-state index is 0.00993. The van der Waals surface area contributed by atoms with Crippen LogP contribution < -0.4 is 5.32 Å². The second-order valence-corrected chi connectivity index (χ2v) is 6.74. The number of hydrogen-bond donors (Lipinski definition) is 2. The smallest absolute Gasteiger partial charge is 0.449 e. The standard InChI is InChI=1S/C17H18F3N3O4/c1-9(2)23-12-4-3-10(7-11(12)21-14(23)17(18,19)20)13(24)22-16(15(25)26)5-6-27-8-16/h3-4,7,9H,5-6,8H2,1-2H3,(H,22,24)(H,25,26). The third-order valence-electron chi connectivity index (χ3n) is 4.51. The average Bonchev–Trinajstić information content (AvgIpc) is 3.18. The van der Waals surface area contributed by atoms with Gasteiger partial charge in [-0.1, -0.05) is 0 Å². The molecular formula is C17H18F3N3O4. The third-order valence-corrected chi connectivity index (χ3v) is 4.51. The zero-order valence-electron chi connectivity index (χ0n) is 14.6. The van der Waals surface area contributed by atoms with Crippen LogP contribution in [0.25, 0.3) is 11.0 Å². The number of aliphatic carboxylic acids is 1. The normalized spacial score (nSPS) is 20.4. The first-order chi connectivity index (χ1) is 12.5. The minimum Gasteiger partial charge on any atom is -0.479 e. The molecule has 2 N–H and O–H groups in total. The van der Waals surface area contributed by atoms with Gasteiger partial charge in [0.15, 0.2) is 5.54 Å². The lowest BCUT2D eigenvalue weighted by Crippen LogP contribution is -2.55. The number of hydrogen-bond acceptors (Lipinski definition) is 4. The van der Waals surface area contributed by atoms with Gasteiger partial charge in [0.05, 0.1) is 17.6 Å². The summed E-state index contributed by atoms with van der Waals surface area (Å²) in [6.07, 6.45) is -4.53. The van der Waals surface area contributed by atoms with Crippen LogP contribution >= 0.6 is 0 Å². The van der Waals surface area contributed by atoms with Gasteiger partial charge in [0.25, 0.3) is 5.91 Å². The van der Waals surface area contributed by atoms with Gasteiger partial charge in [0, 0.05) is 24.6 Å². The molecule has 27 heavy (non-hydrogen) atoms. The number of carbonyl (C=O) groups excluding carboxylic acids is 1. The molecule has 0 bridgehead atoms. The van der Waals surface area contributed by atoms with Crippen molar-refractivity contribution in [1.29, 1.82) is 0 Å². The van der Waals surface area contributed by atoms with E-state index < -0.39 is 35.5 Å². The van der Waals surface area contributed by atoms with Crippen LogP contribution in [0.4, 0.5) is 13.2 Å². The van der Waals surface area contributed by atoms with E-state index in [2.05, 4.69) is 10.3 Å². The quantitative estimate of drug-likeness (QED) is 0.844. The molecule has 1 aromatic heterocycles. The highest BCUT2D eigenvalue weighted by molar-refractivity contribution is 6.00. The Hall–Kier alpha value is -2.62. The Balaban J connectivity index is 1.99. The Morgan fingerprint density at radius 2 is 2.07 bits per heavy atom. The molecule has 2 aromatic rings. The van der Waals surface area contributed by atoms with E-state index in [9.17, 15) is 27.9 Å². The van der Waals surface area contributed by atoms with Crippen LogP contribution in [0.5, 0.6) is 0 Å². The van der Waals surface area contributed by atoms with Crippen molar-refractivity contribution in [3.63, 3.8) is 0 Å². The molecule has 2 heterocycles. The molecule has 0 spiro atoms. The van der Waals surface area contributed by atoms with Crippen LogP contribution in [0, 0.1) is 0 Å². The molecule has 1 atom stereocenters. The summed E-state index contributed by atoms with van der Waals surface area (Å²) in [6.45, 7) is 3.23. The van der Waals surface area contributed by atoms with Crippen molar-refractivity contribution in [3.05, 3.63) is 29.6 Å². The Labute approximate surface area is 152 Å². The monoisotopic (exact) mass is 385 g/mol. The summed E-state index contributed by atoms with van der Waals surface area (Å²) >= 11 is 0. The van der Waals surface area contributed by atoms with Crippen molar-refractivity contribution >= 4 is 22.9 Å². The molecule has 146 valence electrons. The number of fused-ring (bicyclic) bond motifs is 1. The number of alkyl halides is 3. The lowest BCUT2D eigenvalue weighted by Gasteiger charge is -2.23. The molecule has 0 aliphatic carbocycles.